The van der Waals surface area contributed by atoms with E-state index >= 15 is 0 Å². The molecule has 4 aromatic rings. The maximum absolute atomic E-state index is 14.0. The van der Waals surface area contributed by atoms with Crippen LogP contribution in [0.5, 0.6) is 0 Å². The molecule has 4 saturated carbocycles. The molecule has 0 heterocycles. The van der Waals surface area contributed by atoms with Crippen LogP contribution in [-0.4, -0.2) is 34.8 Å². The van der Waals surface area contributed by atoms with Gasteiger partial charge in [0.2, 0.25) is 0 Å². The van der Waals surface area contributed by atoms with Gasteiger partial charge in [0.25, 0.3) is 0 Å². The molecule has 0 saturated heterocycles. The fourth-order valence-electron chi connectivity index (χ4n) is 12.0. The van der Waals surface area contributed by atoms with Crippen molar-refractivity contribution in [3.8, 4) is 0 Å². The van der Waals surface area contributed by atoms with Gasteiger partial charge in [-0.2, -0.15) is 0 Å². The van der Waals surface area contributed by atoms with Crippen LogP contribution in [0.2, 0.25) is 0 Å². The highest BCUT2D eigenvalue weighted by Gasteiger charge is 2.81. The molecule has 286 valence electrons. The lowest BCUT2D eigenvalue weighted by atomic mass is 9.32. The number of hydrogen-bond donors (Lipinski definition) is 1. The summed E-state index contributed by atoms with van der Waals surface area (Å²) >= 11 is 3.42. The maximum atomic E-state index is 14.0. The van der Waals surface area contributed by atoms with Crippen molar-refractivity contribution in [2.45, 2.75) is 87.4 Å². The van der Waals surface area contributed by atoms with E-state index < -0.39 is 22.4 Å². The van der Waals surface area contributed by atoms with Gasteiger partial charge in [0.15, 0.2) is 0 Å². The number of benzene rings is 4. The predicted molar refractivity (Wildman–Crippen MR) is 225 cm³/mol. The van der Waals surface area contributed by atoms with Gasteiger partial charge in [-0.05, 0) is 83.2 Å². The largest absolute Gasteiger partial charge is 0.461 e. The zero-order valence-electron chi connectivity index (χ0n) is 32.6. The van der Waals surface area contributed by atoms with Crippen LogP contribution in [0, 0.1) is 39.4 Å². The van der Waals surface area contributed by atoms with Gasteiger partial charge in [-0.3, -0.25) is 9.59 Å². The lowest BCUT2D eigenvalue weighted by molar-refractivity contribution is -0.257. The normalized spacial score (nSPS) is 33.8. The molecule has 8 rings (SSSR count). The molecule has 2 spiro atoms. The van der Waals surface area contributed by atoms with Crippen LogP contribution in [0.4, 0.5) is 0 Å². The number of ether oxygens (including phenoxy) is 1. The van der Waals surface area contributed by atoms with E-state index in [-0.39, 0.29) is 45.7 Å². The summed E-state index contributed by atoms with van der Waals surface area (Å²) in [4.78, 5) is 28.7. The summed E-state index contributed by atoms with van der Waals surface area (Å²) in [5, 5.41) is 12.0. The number of aliphatic hydroxyl groups excluding tert-OH is 1. The summed E-state index contributed by atoms with van der Waals surface area (Å²) in [5.41, 5.74) is 3.40. The third kappa shape index (κ3) is 6.00. The molecule has 0 aliphatic heterocycles. The van der Waals surface area contributed by atoms with Crippen LogP contribution in [0.25, 0.3) is 0 Å². The van der Waals surface area contributed by atoms with Crippen LogP contribution < -0.4 is 0 Å². The van der Waals surface area contributed by atoms with E-state index in [1.165, 1.54) is 34.0 Å². The second kappa shape index (κ2) is 14.4. The molecule has 4 aliphatic carbocycles. The van der Waals surface area contributed by atoms with Crippen molar-refractivity contribution < 1.29 is 19.4 Å². The van der Waals surface area contributed by atoms with Gasteiger partial charge in [-0.25, -0.2) is 0 Å². The summed E-state index contributed by atoms with van der Waals surface area (Å²) in [7, 11) is 0. The summed E-state index contributed by atoms with van der Waals surface area (Å²) in [6.45, 7) is 13.0. The zero-order chi connectivity index (χ0) is 38.6. The quantitative estimate of drug-likeness (QED) is 0.0709. The van der Waals surface area contributed by atoms with Gasteiger partial charge in [0, 0.05) is 33.3 Å². The molecule has 6 heteroatoms. The van der Waals surface area contributed by atoms with Crippen LogP contribution >= 0.6 is 23.5 Å². The van der Waals surface area contributed by atoms with Gasteiger partial charge in [0.1, 0.15) is 11.9 Å². The summed E-state index contributed by atoms with van der Waals surface area (Å²) in [6.07, 6.45) is 4.41. The minimum atomic E-state index is -0.628. The average molecular weight is 771 g/mol. The third-order valence-corrected chi connectivity index (χ3v) is 17.5. The first-order chi connectivity index (χ1) is 26.4. The second-order valence-corrected chi connectivity index (χ2v) is 19.8. The number of esters is 1. The number of aliphatic hydroxyl groups is 1. The van der Waals surface area contributed by atoms with E-state index in [0.717, 1.165) is 29.9 Å². The summed E-state index contributed by atoms with van der Waals surface area (Å²) < 4.78 is 6.19. The first kappa shape index (κ1) is 38.3. The zero-order valence-corrected chi connectivity index (χ0v) is 34.2. The molecule has 0 amide bonds. The monoisotopic (exact) mass is 770 g/mol. The number of hydrogen-bond acceptors (Lipinski definition) is 6. The van der Waals surface area contributed by atoms with Crippen molar-refractivity contribution in [3.63, 3.8) is 0 Å². The van der Waals surface area contributed by atoms with Crippen LogP contribution in [0.15, 0.2) is 133 Å². The van der Waals surface area contributed by atoms with E-state index in [0.29, 0.717) is 18.6 Å². The van der Waals surface area contributed by atoms with E-state index in [1.807, 2.05) is 17.8 Å². The van der Waals surface area contributed by atoms with Gasteiger partial charge < -0.3 is 9.84 Å². The standard InChI is InChI=1S/C49H54O4S2/c1-6-45(4)29-41(46(5)33(2)28-48-32-47(44(46)48,26-25-40(48)50)34(3)43(45)52)53-42(51)31-54-39-24-16-17-35(27-39)30-55-49(36-18-10-7-11-19-36,37-20-12-8-13-21-37)38-22-14-9-15-23-38/h6-24,27,33-34,41,43-44,52H,1,25-26,28-32H2,2-5H3/t33?,34-,41+,43-,44?,45+,46-,47?,48?/m0/s1. The Morgan fingerprint density at radius 2 is 1.49 bits per heavy atom. The predicted octanol–water partition coefficient (Wildman–Crippen LogP) is 10.9. The number of carbonyl (C=O) groups is 2. The Hall–Kier alpha value is -3.58. The molecule has 4 fully saturated rings. The Labute approximate surface area is 335 Å². The molecule has 1 N–H and O–H groups in total. The number of ketones is 1. The van der Waals surface area contributed by atoms with E-state index in [4.69, 9.17) is 4.74 Å². The van der Waals surface area contributed by atoms with Crippen molar-refractivity contribution in [1.29, 1.82) is 0 Å². The van der Waals surface area contributed by atoms with Gasteiger partial charge in [0.05, 0.1) is 16.6 Å². The molecule has 9 atom stereocenters. The summed E-state index contributed by atoms with van der Waals surface area (Å²) in [6, 6.07) is 40.8. The first-order valence-corrected chi connectivity index (χ1v) is 22.0. The highest BCUT2D eigenvalue weighted by atomic mass is 32.2. The fourth-order valence-corrected chi connectivity index (χ4v) is 14.3. The second-order valence-electron chi connectivity index (χ2n) is 17.5. The van der Waals surface area contributed by atoms with Crippen molar-refractivity contribution in [2.75, 3.05) is 5.75 Å². The minimum absolute atomic E-state index is 0.0298. The molecular weight excluding hydrogens is 717 g/mol. The van der Waals surface area contributed by atoms with E-state index in [2.05, 4.69) is 150 Å². The van der Waals surface area contributed by atoms with Crippen molar-refractivity contribution >= 4 is 35.3 Å². The van der Waals surface area contributed by atoms with Crippen LogP contribution in [0.3, 0.4) is 0 Å². The van der Waals surface area contributed by atoms with Crippen molar-refractivity contribution in [2.24, 2.45) is 39.4 Å². The SMILES string of the molecule is C=C[C@]1(C)C[C@@H](OC(=O)CSc2cccc(CSC(c3ccccc3)(c3ccccc3)c3ccccc3)c2)[C@]2(C)C(C)CC34CC(CCC3=O)(C42)[C@@H](C)[C@@H]1O. The first-order valence-electron chi connectivity index (χ1n) is 20.0. The molecule has 55 heavy (non-hydrogen) atoms. The highest BCUT2D eigenvalue weighted by Crippen LogP contribution is 2.82. The number of Topliss-reactive ketones (excluding diaryl/α,β-unsaturated/α-hetero) is 1. The lowest BCUT2D eigenvalue weighted by Crippen LogP contribution is -2.71. The Morgan fingerprint density at radius 3 is 2.07 bits per heavy atom. The molecule has 2 bridgehead atoms. The number of thioether (sulfide) groups is 2. The molecule has 4 aromatic carbocycles. The summed E-state index contributed by atoms with van der Waals surface area (Å²) in [5.74, 6) is 1.44. The minimum Gasteiger partial charge on any atom is -0.461 e. The Kier molecular flexibility index (Phi) is 10.0. The topological polar surface area (TPSA) is 63.6 Å². The van der Waals surface area contributed by atoms with E-state index in [1.54, 1.807) is 0 Å². The number of carbonyl (C=O) groups excluding carboxylic acids is 2. The maximum Gasteiger partial charge on any atom is 0.316 e. The Bertz CT molecular complexity index is 1960. The van der Waals surface area contributed by atoms with Crippen molar-refractivity contribution in [3.05, 3.63) is 150 Å². The molecule has 0 radical (unpaired) electrons. The van der Waals surface area contributed by atoms with Gasteiger partial charge in [-0.15, -0.1) is 30.1 Å². The van der Waals surface area contributed by atoms with Gasteiger partial charge >= 0.3 is 5.97 Å². The van der Waals surface area contributed by atoms with Crippen LogP contribution in [0.1, 0.15) is 82.1 Å². The Balaban J connectivity index is 1.02. The number of rotatable bonds is 11. The molecular formula is C49H54O4S2. The van der Waals surface area contributed by atoms with Crippen LogP contribution in [-0.2, 0) is 24.8 Å². The molecule has 0 aromatic heterocycles. The lowest BCUT2D eigenvalue weighted by Gasteiger charge is -2.71. The van der Waals surface area contributed by atoms with Gasteiger partial charge in [-0.1, -0.05) is 137 Å². The van der Waals surface area contributed by atoms with E-state index in [9.17, 15) is 14.7 Å². The third-order valence-electron chi connectivity index (χ3n) is 14.9. The highest BCUT2D eigenvalue weighted by molar-refractivity contribution is 8.00. The molecule has 4 nitrogen and oxygen atoms in total. The Morgan fingerprint density at radius 1 is 0.891 bits per heavy atom. The molecule has 4 unspecified atom stereocenters. The van der Waals surface area contributed by atoms with Crippen molar-refractivity contribution in [1.82, 2.24) is 0 Å². The fraction of sp³-hybridized carbons (Fsp3) is 0.429. The smallest absolute Gasteiger partial charge is 0.316 e. The average Bonchev–Trinajstić information content (AvgIpc) is 3.40. The molecule has 4 aliphatic rings.